The van der Waals surface area contributed by atoms with Crippen LogP contribution in [-0.4, -0.2) is 21.6 Å². The summed E-state index contributed by atoms with van der Waals surface area (Å²) in [6.07, 6.45) is 9.71. The van der Waals surface area contributed by atoms with E-state index in [1.807, 2.05) is 38.1 Å². The Morgan fingerprint density at radius 2 is 2.12 bits per heavy atom. The van der Waals surface area contributed by atoms with Crippen LogP contribution in [0.15, 0.2) is 12.5 Å². The van der Waals surface area contributed by atoms with E-state index in [2.05, 4.69) is 15.8 Å². The first-order valence-electron chi connectivity index (χ1n) is 5.84. The van der Waals surface area contributed by atoms with Crippen molar-refractivity contribution < 1.29 is 0 Å². The van der Waals surface area contributed by atoms with Crippen LogP contribution in [-0.2, 0) is 12.1 Å². The minimum atomic E-state index is -0.296. The second-order valence-electron chi connectivity index (χ2n) is 4.75. The van der Waals surface area contributed by atoms with Crippen LogP contribution >= 0.6 is 11.8 Å². The smallest absolute Gasteiger partial charge is 0.0948 e. The molecule has 0 radical (unpaired) electrons. The quantitative estimate of drug-likeness (QED) is 0.746. The average molecular weight is 241 g/mol. The largest absolute Gasteiger partial charge is 0.333 e. The first-order chi connectivity index (χ1) is 7.55. The molecule has 0 fully saturated rings. The van der Waals surface area contributed by atoms with Gasteiger partial charge in [0.1, 0.15) is 0 Å². The van der Waals surface area contributed by atoms with Crippen LogP contribution in [0.2, 0.25) is 0 Å². The Kier molecular flexibility index (Phi) is 5.35. The van der Waals surface area contributed by atoms with Gasteiger partial charge in [-0.25, -0.2) is 4.98 Å². The molecule has 2 N–H and O–H groups in total. The zero-order valence-corrected chi connectivity index (χ0v) is 11.4. The molecule has 1 rings (SSSR count). The van der Waals surface area contributed by atoms with E-state index in [1.165, 1.54) is 25.0 Å². The van der Waals surface area contributed by atoms with Gasteiger partial charge in [-0.1, -0.05) is 6.42 Å². The molecule has 0 aliphatic rings. The number of nitrogens with zero attached hydrogens (tertiary/aromatic N) is 2. The third-order valence-electron chi connectivity index (χ3n) is 2.62. The molecule has 3 nitrogen and oxygen atoms in total. The van der Waals surface area contributed by atoms with Crippen molar-refractivity contribution in [1.82, 2.24) is 9.55 Å². The Hall–Kier alpha value is -0.480. The zero-order valence-electron chi connectivity index (χ0n) is 10.6. The number of aryl methyl sites for hydroxylation is 1. The standard InChI is InChI=1S/C12H23N3S/c1-12(2,13)11-9-14-10-15(11)7-5-4-6-8-16-3/h9-10H,4-8,13H2,1-3H3. The van der Waals surface area contributed by atoms with E-state index < -0.39 is 0 Å². The number of imidazole rings is 1. The van der Waals surface area contributed by atoms with E-state index in [9.17, 15) is 0 Å². The Morgan fingerprint density at radius 3 is 2.75 bits per heavy atom. The monoisotopic (exact) mass is 241 g/mol. The molecule has 0 unspecified atom stereocenters. The Labute approximate surface area is 103 Å². The molecular weight excluding hydrogens is 218 g/mol. The van der Waals surface area contributed by atoms with Gasteiger partial charge in [-0.15, -0.1) is 0 Å². The minimum Gasteiger partial charge on any atom is -0.333 e. The predicted molar refractivity (Wildman–Crippen MR) is 71.7 cm³/mol. The summed E-state index contributed by atoms with van der Waals surface area (Å²) in [4.78, 5) is 4.18. The molecule has 1 aromatic rings. The van der Waals surface area contributed by atoms with E-state index in [0.29, 0.717) is 0 Å². The first kappa shape index (κ1) is 13.6. The third kappa shape index (κ3) is 4.18. The maximum Gasteiger partial charge on any atom is 0.0948 e. The van der Waals surface area contributed by atoms with Gasteiger partial charge in [0.2, 0.25) is 0 Å². The van der Waals surface area contributed by atoms with Crippen molar-refractivity contribution in [2.75, 3.05) is 12.0 Å². The number of thioether (sulfide) groups is 1. The molecular formula is C12H23N3S. The lowest BCUT2D eigenvalue weighted by atomic mass is 10.0. The Morgan fingerprint density at radius 1 is 1.38 bits per heavy atom. The van der Waals surface area contributed by atoms with Crippen molar-refractivity contribution in [3.8, 4) is 0 Å². The second-order valence-corrected chi connectivity index (χ2v) is 5.73. The fourth-order valence-corrected chi connectivity index (χ4v) is 2.23. The molecule has 0 saturated heterocycles. The van der Waals surface area contributed by atoms with Crippen LogP contribution in [0.3, 0.4) is 0 Å². The van der Waals surface area contributed by atoms with Gasteiger partial charge in [0, 0.05) is 12.7 Å². The van der Waals surface area contributed by atoms with Gasteiger partial charge in [0.25, 0.3) is 0 Å². The maximum absolute atomic E-state index is 6.09. The predicted octanol–water partition coefficient (Wildman–Crippen LogP) is 2.61. The summed E-state index contributed by atoms with van der Waals surface area (Å²) in [6, 6.07) is 0. The number of hydrogen-bond donors (Lipinski definition) is 1. The molecule has 0 aliphatic carbocycles. The molecule has 0 saturated carbocycles. The molecule has 4 heteroatoms. The lowest BCUT2D eigenvalue weighted by Gasteiger charge is -2.20. The second kappa shape index (κ2) is 6.30. The van der Waals surface area contributed by atoms with E-state index in [0.717, 1.165) is 12.2 Å². The summed E-state index contributed by atoms with van der Waals surface area (Å²) in [7, 11) is 0. The highest BCUT2D eigenvalue weighted by molar-refractivity contribution is 7.98. The fraction of sp³-hybridized carbons (Fsp3) is 0.750. The molecule has 0 atom stereocenters. The number of aromatic nitrogens is 2. The van der Waals surface area contributed by atoms with Gasteiger partial charge in [-0.05, 0) is 38.7 Å². The number of hydrogen-bond acceptors (Lipinski definition) is 3. The summed E-state index contributed by atoms with van der Waals surface area (Å²) in [5.74, 6) is 1.26. The molecule has 0 bridgehead atoms. The molecule has 92 valence electrons. The number of rotatable bonds is 7. The topological polar surface area (TPSA) is 43.8 Å². The first-order valence-corrected chi connectivity index (χ1v) is 7.23. The van der Waals surface area contributed by atoms with E-state index in [1.54, 1.807) is 0 Å². The zero-order chi connectivity index (χ0) is 12.0. The Balaban J connectivity index is 2.40. The van der Waals surface area contributed by atoms with Crippen molar-refractivity contribution in [3.05, 3.63) is 18.2 Å². The third-order valence-corrected chi connectivity index (χ3v) is 3.32. The molecule has 0 aliphatic heterocycles. The molecule has 0 spiro atoms. The highest BCUT2D eigenvalue weighted by atomic mass is 32.2. The summed E-state index contributed by atoms with van der Waals surface area (Å²) < 4.78 is 2.18. The van der Waals surface area contributed by atoms with Crippen LogP contribution in [0.5, 0.6) is 0 Å². The SMILES string of the molecule is CSCCCCCn1cncc1C(C)(C)N. The Bertz CT molecular complexity index is 301. The summed E-state index contributed by atoms with van der Waals surface area (Å²) >= 11 is 1.92. The molecule has 1 heterocycles. The van der Waals surface area contributed by atoms with Gasteiger partial charge in [0.15, 0.2) is 0 Å². The van der Waals surface area contributed by atoms with Crippen LogP contribution < -0.4 is 5.73 Å². The van der Waals surface area contributed by atoms with Gasteiger partial charge in [-0.2, -0.15) is 11.8 Å². The van der Waals surface area contributed by atoms with E-state index in [-0.39, 0.29) is 5.54 Å². The van der Waals surface area contributed by atoms with Crippen molar-refractivity contribution in [3.63, 3.8) is 0 Å². The normalized spacial score (nSPS) is 12.0. The highest BCUT2D eigenvalue weighted by Gasteiger charge is 2.18. The van der Waals surface area contributed by atoms with Crippen LogP contribution in [0.25, 0.3) is 0 Å². The summed E-state index contributed by atoms with van der Waals surface area (Å²) in [5.41, 5.74) is 6.92. The van der Waals surface area contributed by atoms with Gasteiger partial charge in [-0.3, -0.25) is 0 Å². The molecule has 0 amide bonds. The van der Waals surface area contributed by atoms with Crippen molar-refractivity contribution >= 4 is 11.8 Å². The summed E-state index contributed by atoms with van der Waals surface area (Å²) in [5, 5.41) is 0. The van der Waals surface area contributed by atoms with Gasteiger partial charge in [0.05, 0.1) is 17.6 Å². The summed E-state index contributed by atoms with van der Waals surface area (Å²) in [6.45, 7) is 5.08. The maximum atomic E-state index is 6.09. The highest BCUT2D eigenvalue weighted by Crippen LogP contribution is 2.16. The van der Waals surface area contributed by atoms with Gasteiger partial charge >= 0.3 is 0 Å². The lowest BCUT2D eigenvalue weighted by Crippen LogP contribution is -2.31. The van der Waals surface area contributed by atoms with Crippen LogP contribution in [0.4, 0.5) is 0 Å². The van der Waals surface area contributed by atoms with Crippen molar-refractivity contribution in [1.29, 1.82) is 0 Å². The molecule has 0 aromatic carbocycles. The van der Waals surface area contributed by atoms with Crippen molar-refractivity contribution in [2.24, 2.45) is 5.73 Å². The van der Waals surface area contributed by atoms with Gasteiger partial charge < -0.3 is 10.3 Å². The average Bonchev–Trinajstić information content (AvgIpc) is 2.65. The van der Waals surface area contributed by atoms with E-state index in [4.69, 9.17) is 5.73 Å². The van der Waals surface area contributed by atoms with Crippen LogP contribution in [0.1, 0.15) is 38.8 Å². The lowest BCUT2D eigenvalue weighted by molar-refractivity contribution is 0.480. The fourth-order valence-electron chi connectivity index (χ4n) is 1.74. The number of nitrogens with two attached hydrogens (primary N) is 1. The minimum absolute atomic E-state index is 0.296. The van der Waals surface area contributed by atoms with Crippen LogP contribution in [0, 0.1) is 0 Å². The van der Waals surface area contributed by atoms with E-state index >= 15 is 0 Å². The molecule has 1 aromatic heterocycles. The van der Waals surface area contributed by atoms with Crippen molar-refractivity contribution in [2.45, 2.75) is 45.2 Å². The number of unbranched alkanes of at least 4 members (excludes halogenated alkanes) is 2. The molecule has 16 heavy (non-hydrogen) atoms.